The molecule has 1 aromatic carbocycles. The maximum Gasteiger partial charge on any atom is 0.270 e. The normalized spacial score (nSPS) is 15.3. The van der Waals surface area contributed by atoms with Crippen LogP contribution in [0.2, 0.25) is 0 Å². The van der Waals surface area contributed by atoms with Gasteiger partial charge in [-0.1, -0.05) is 0 Å². The summed E-state index contributed by atoms with van der Waals surface area (Å²) in [5.74, 6) is -0.209. The van der Waals surface area contributed by atoms with Crippen LogP contribution in [0.5, 0.6) is 0 Å². The molecule has 2 aliphatic rings. The zero-order chi connectivity index (χ0) is 21.5. The molecule has 0 bridgehead atoms. The van der Waals surface area contributed by atoms with E-state index in [2.05, 4.69) is 9.88 Å². The number of nitrogens with zero attached hydrogens (tertiary/aromatic N) is 4. The van der Waals surface area contributed by atoms with Crippen LogP contribution < -0.4 is 5.56 Å². The lowest BCUT2D eigenvalue weighted by Crippen LogP contribution is -2.37. The maximum absolute atomic E-state index is 13.4. The lowest BCUT2D eigenvalue weighted by molar-refractivity contribution is -0.384. The SMILES string of the molecule is Cl.O=C1c2cccnc2-c2c1c1ccc([N+](=O)[O-])cc1c(=O)n2CCCN1CCOCC1. The number of pyridine rings is 2. The number of nitro groups is 1. The number of halogens is 1. The highest BCUT2D eigenvalue weighted by molar-refractivity contribution is 6.26. The zero-order valence-electron chi connectivity index (χ0n) is 17.2. The fourth-order valence-corrected chi connectivity index (χ4v) is 4.43. The molecule has 5 rings (SSSR count). The number of carbonyl (C=O) groups excluding carboxylic acids is 1. The van der Waals surface area contributed by atoms with E-state index < -0.39 is 4.92 Å². The van der Waals surface area contributed by atoms with Gasteiger partial charge in [0.2, 0.25) is 0 Å². The number of benzene rings is 1. The van der Waals surface area contributed by atoms with Gasteiger partial charge in [0.15, 0.2) is 5.78 Å². The summed E-state index contributed by atoms with van der Waals surface area (Å²) in [5.41, 5.74) is 1.32. The third-order valence-corrected chi connectivity index (χ3v) is 5.93. The Morgan fingerprint density at radius 2 is 1.88 bits per heavy atom. The monoisotopic (exact) mass is 456 g/mol. The Balaban J connectivity index is 0.00000245. The lowest BCUT2D eigenvalue weighted by Gasteiger charge is -2.26. The number of rotatable bonds is 5. The highest BCUT2D eigenvalue weighted by atomic mass is 35.5. The second-order valence-corrected chi connectivity index (χ2v) is 7.70. The van der Waals surface area contributed by atoms with Crippen LogP contribution in [0, 0.1) is 10.1 Å². The van der Waals surface area contributed by atoms with Crippen LogP contribution in [-0.2, 0) is 11.3 Å². The van der Waals surface area contributed by atoms with Crippen LogP contribution in [0.4, 0.5) is 5.69 Å². The maximum atomic E-state index is 13.4. The minimum absolute atomic E-state index is 0. The Hall–Kier alpha value is -3.14. The highest BCUT2D eigenvalue weighted by Gasteiger charge is 2.34. The van der Waals surface area contributed by atoms with Crippen LogP contribution in [0.1, 0.15) is 22.3 Å². The molecule has 0 saturated carbocycles. The third-order valence-electron chi connectivity index (χ3n) is 5.93. The van der Waals surface area contributed by atoms with E-state index in [-0.39, 0.29) is 34.8 Å². The number of morpholine rings is 1. The van der Waals surface area contributed by atoms with Crippen LogP contribution in [-0.4, -0.2) is 58.0 Å². The topological polar surface area (TPSA) is 108 Å². The average Bonchev–Trinajstić information content (AvgIpc) is 3.09. The van der Waals surface area contributed by atoms with Crippen LogP contribution >= 0.6 is 12.4 Å². The van der Waals surface area contributed by atoms with Crippen molar-refractivity contribution in [3.05, 3.63) is 68.1 Å². The van der Waals surface area contributed by atoms with Crippen LogP contribution in [0.3, 0.4) is 0 Å². The first-order valence-electron chi connectivity index (χ1n) is 10.2. The summed E-state index contributed by atoms with van der Waals surface area (Å²) < 4.78 is 6.94. The molecule has 1 saturated heterocycles. The Morgan fingerprint density at radius 3 is 2.62 bits per heavy atom. The number of ketones is 1. The van der Waals surface area contributed by atoms with E-state index >= 15 is 0 Å². The number of nitro benzene ring substituents is 1. The van der Waals surface area contributed by atoms with E-state index in [0.717, 1.165) is 19.6 Å². The van der Waals surface area contributed by atoms with Gasteiger partial charge in [0.25, 0.3) is 11.2 Å². The van der Waals surface area contributed by atoms with Crippen molar-refractivity contribution in [3.8, 4) is 11.4 Å². The first-order chi connectivity index (χ1) is 15.1. The first-order valence-corrected chi connectivity index (χ1v) is 10.2. The minimum atomic E-state index is -0.535. The highest BCUT2D eigenvalue weighted by Crippen LogP contribution is 2.38. The van der Waals surface area contributed by atoms with E-state index in [4.69, 9.17) is 4.74 Å². The quantitative estimate of drug-likeness (QED) is 0.335. The Kier molecular flexibility index (Phi) is 6.05. The van der Waals surface area contributed by atoms with E-state index in [1.807, 2.05) is 0 Å². The number of carbonyl (C=O) groups is 1. The van der Waals surface area contributed by atoms with Gasteiger partial charge < -0.3 is 9.30 Å². The Labute approximate surface area is 189 Å². The van der Waals surface area contributed by atoms with Crippen molar-refractivity contribution in [2.45, 2.75) is 13.0 Å². The van der Waals surface area contributed by atoms with Gasteiger partial charge in [0.05, 0.1) is 46.0 Å². The fraction of sp³-hybridized carbons (Fsp3) is 0.318. The third kappa shape index (κ3) is 3.58. The fourth-order valence-electron chi connectivity index (χ4n) is 4.43. The van der Waals surface area contributed by atoms with Crippen molar-refractivity contribution in [2.24, 2.45) is 0 Å². The second-order valence-electron chi connectivity index (χ2n) is 7.70. The van der Waals surface area contributed by atoms with Crippen LogP contribution in [0.15, 0.2) is 41.3 Å². The van der Waals surface area contributed by atoms with E-state index in [9.17, 15) is 19.7 Å². The molecule has 2 aromatic heterocycles. The van der Waals surface area contributed by atoms with E-state index in [1.54, 1.807) is 22.9 Å². The molecule has 9 nitrogen and oxygen atoms in total. The number of aromatic nitrogens is 2. The predicted molar refractivity (Wildman–Crippen MR) is 121 cm³/mol. The molecule has 0 radical (unpaired) electrons. The Bertz CT molecular complexity index is 1280. The molecule has 0 spiro atoms. The van der Waals surface area contributed by atoms with Gasteiger partial charge in [0, 0.05) is 49.9 Å². The smallest absolute Gasteiger partial charge is 0.270 e. The molecule has 1 aliphatic carbocycles. The Morgan fingerprint density at radius 1 is 1.09 bits per heavy atom. The molecule has 3 aromatic rings. The predicted octanol–water partition coefficient (Wildman–Crippen LogP) is 2.66. The molecular formula is C22H21ClN4O5. The molecule has 3 heterocycles. The molecule has 0 unspecified atom stereocenters. The summed E-state index contributed by atoms with van der Waals surface area (Å²) in [7, 11) is 0. The van der Waals surface area contributed by atoms with Gasteiger partial charge in [-0.25, -0.2) is 0 Å². The number of non-ortho nitro benzene ring substituents is 1. The van der Waals surface area contributed by atoms with Crippen molar-refractivity contribution >= 4 is 34.7 Å². The molecule has 1 aliphatic heterocycles. The molecule has 1 fully saturated rings. The average molecular weight is 457 g/mol. The summed E-state index contributed by atoms with van der Waals surface area (Å²) in [5, 5.41) is 11.9. The molecule has 0 amide bonds. The first kappa shape index (κ1) is 22.1. The molecule has 0 N–H and O–H groups in total. The lowest BCUT2D eigenvalue weighted by atomic mass is 10.0. The molecule has 10 heteroatoms. The summed E-state index contributed by atoms with van der Waals surface area (Å²) in [6.45, 7) is 4.27. The van der Waals surface area contributed by atoms with E-state index in [1.165, 1.54) is 18.2 Å². The van der Waals surface area contributed by atoms with Crippen molar-refractivity contribution in [1.82, 2.24) is 14.5 Å². The number of ether oxygens (including phenoxy) is 1. The van der Waals surface area contributed by atoms with Crippen molar-refractivity contribution < 1.29 is 14.5 Å². The zero-order valence-corrected chi connectivity index (χ0v) is 18.0. The summed E-state index contributed by atoms with van der Waals surface area (Å²) in [4.78, 5) is 44.0. The number of hydrogen-bond acceptors (Lipinski definition) is 7. The summed E-state index contributed by atoms with van der Waals surface area (Å²) >= 11 is 0. The second kappa shape index (κ2) is 8.78. The largest absolute Gasteiger partial charge is 0.379 e. The van der Waals surface area contributed by atoms with E-state index in [0.29, 0.717) is 54.1 Å². The number of fused-ring (bicyclic) bond motifs is 5. The molecule has 0 atom stereocenters. The molecule has 166 valence electrons. The van der Waals surface area contributed by atoms with Crippen molar-refractivity contribution in [2.75, 3.05) is 32.8 Å². The number of hydrogen-bond donors (Lipinski definition) is 0. The van der Waals surface area contributed by atoms with Gasteiger partial charge >= 0.3 is 0 Å². The minimum Gasteiger partial charge on any atom is -0.379 e. The van der Waals surface area contributed by atoms with Gasteiger partial charge in [0.1, 0.15) is 0 Å². The van der Waals surface area contributed by atoms with Gasteiger partial charge in [-0.05, 0) is 24.6 Å². The van der Waals surface area contributed by atoms with Gasteiger partial charge in [-0.3, -0.25) is 29.6 Å². The van der Waals surface area contributed by atoms with Crippen LogP contribution in [0.25, 0.3) is 22.2 Å². The summed E-state index contributed by atoms with van der Waals surface area (Å²) in [6.07, 6.45) is 2.30. The van der Waals surface area contributed by atoms with Gasteiger partial charge in [-0.15, -0.1) is 12.4 Å². The van der Waals surface area contributed by atoms with Crippen molar-refractivity contribution in [3.63, 3.8) is 0 Å². The summed E-state index contributed by atoms with van der Waals surface area (Å²) in [6, 6.07) is 7.48. The molecule has 32 heavy (non-hydrogen) atoms. The van der Waals surface area contributed by atoms with Gasteiger partial charge in [-0.2, -0.15) is 0 Å². The van der Waals surface area contributed by atoms with Crippen molar-refractivity contribution in [1.29, 1.82) is 0 Å². The standard InChI is InChI=1S/C22H20N4O5.ClH/c27-21-16-3-1-6-23-19(16)20-18(21)15-5-4-14(26(29)30)13-17(15)22(28)25(20)8-2-7-24-9-11-31-12-10-24;/h1,3-6,13H,2,7-12H2;1H. The molecular weight excluding hydrogens is 436 g/mol.